The van der Waals surface area contributed by atoms with Crippen LogP contribution in [0, 0.1) is 0 Å². The minimum Gasteiger partial charge on any atom is -0.407 e. The highest BCUT2D eigenvalue weighted by Crippen LogP contribution is 2.18. The van der Waals surface area contributed by atoms with Crippen LogP contribution in [0.3, 0.4) is 0 Å². The summed E-state index contributed by atoms with van der Waals surface area (Å²) in [6, 6.07) is 0.988. The molecule has 0 bridgehead atoms. The van der Waals surface area contributed by atoms with E-state index in [-0.39, 0.29) is 0 Å². The summed E-state index contributed by atoms with van der Waals surface area (Å²) in [5.74, 6) is 0.500. The summed E-state index contributed by atoms with van der Waals surface area (Å²) in [6.45, 7) is 5.56. The molecule has 1 aliphatic heterocycles. The van der Waals surface area contributed by atoms with Crippen molar-refractivity contribution in [2.24, 2.45) is 5.73 Å². The molecular weight excluding hydrogens is 206 g/mol. The SMILES string of the molecule is CC1CN(C)CCCN1c1nnc(CN)o1. The Morgan fingerprint density at radius 2 is 2.25 bits per heavy atom. The number of aromatic nitrogens is 2. The lowest BCUT2D eigenvalue weighted by atomic mass is 10.3. The molecule has 1 saturated heterocycles. The minimum atomic E-state index is 0.301. The summed E-state index contributed by atoms with van der Waals surface area (Å²) >= 11 is 0. The minimum absolute atomic E-state index is 0.301. The fourth-order valence-electron chi connectivity index (χ4n) is 2.10. The molecule has 1 aromatic heterocycles. The maximum Gasteiger partial charge on any atom is 0.318 e. The Hall–Kier alpha value is -1.14. The zero-order valence-electron chi connectivity index (χ0n) is 9.89. The van der Waals surface area contributed by atoms with Crippen LogP contribution >= 0.6 is 0 Å². The van der Waals surface area contributed by atoms with Gasteiger partial charge in [0.15, 0.2) is 0 Å². The number of likely N-dealkylation sites (N-methyl/N-ethyl adjacent to an activating group) is 1. The number of rotatable bonds is 2. The summed E-state index contributed by atoms with van der Waals surface area (Å²) in [5, 5.41) is 7.94. The number of hydrogen-bond donors (Lipinski definition) is 1. The zero-order chi connectivity index (χ0) is 11.5. The fraction of sp³-hybridized carbons (Fsp3) is 0.800. The van der Waals surface area contributed by atoms with E-state index in [4.69, 9.17) is 10.2 Å². The number of anilines is 1. The van der Waals surface area contributed by atoms with Crippen molar-refractivity contribution in [3.05, 3.63) is 5.89 Å². The second kappa shape index (κ2) is 4.80. The van der Waals surface area contributed by atoms with Crippen LogP contribution in [-0.2, 0) is 6.54 Å². The van der Waals surface area contributed by atoms with Gasteiger partial charge in [0.1, 0.15) is 0 Å². The average molecular weight is 225 g/mol. The maximum atomic E-state index is 5.49. The molecule has 6 heteroatoms. The molecule has 0 radical (unpaired) electrons. The van der Waals surface area contributed by atoms with Gasteiger partial charge in [0.25, 0.3) is 0 Å². The molecule has 2 rings (SSSR count). The molecule has 90 valence electrons. The summed E-state index contributed by atoms with van der Waals surface area (Å²) in [6.07, 6.45) is 1.11. The van der Waals surface area contributed by atoms with Crippen molar-refractivity contribution in [2.75, 3.05) is 31.6 Å². The maximum absolute atomic E-state index is 5.49. The quantitative estimate of drug-likeness (QED) is 0.767. The Bertz CT molecular complexity index is 340. The first-order chi connectivity index (χ1) is 7.70. The standard InChI is InChI=1S/C10H19N5O/c1-8-7-14(2)4-3-5-15(8)10-13-12-9(6-11)16-10/h8H,3-7,11H2,1-2H3. The van der Waals surface area contributed by atoms with Crippen LogP contribution in [0.4, 0.5) is 6.01 Å². The molecule has 0 saturated carbocycles. The average Bonchev–Trinajstić information content (AvgIpc) is 2.65. The van der Waals surface area contributed by atoms with Crippen molar-refractivity contribution in [1.29, 1.82) is 0 Å². The van der Waals surface area contributed by atoms with Crippen molar-refractivity contribution >= 4 is 6.01 Å². The lowest BCUT2D eigenvalue weighted by molar-refractivity contribution is 0.334. The van der Waals surface area contributed by atoms with Gasteiger partial charge in [-0.3, -0.25) is 0 Å². The predicted molar refractivity (Wildman–Crippen MR) is 61.1 cm³/mol. The monoisotopic (exact) mass is 225 g/mol. The van der Waals surface area contributed by atoms with Gasteiger partial charge in [0.05, 0.1) is 6.54 Å². The van der Waals surface area contributed by atoms with E-state index in [9.17, 15) is 0 Å². The van der Waals surface area contributed by atoms with Crippen LogP contribution in [-0.4, -0.2) is 47.8 Å². The second-order valence-electron chi connectivity index (χ2n) is 4.34. The first-order valence-electron chi connectivity index (χ1n) is 5.68. The van der Waals surface area contributed by atoms with Gasteiger partial charge in [0, 0.05) is 19.1 Å². The molecule has 0 aromatic carbocycles. The second-order valence-corrected chi connectivity index (χ2v) is 4.34. The Morgan fingerprint density at radius 3 is 2.94 bits per heavy atom. The van der Waals surface area contributed by atoms with E-state index in [1.165, 1.54) is 0 Å². The number of nitrogens with zero attached hydrogens (tertiary/aromatic N) is 4. The van der Waals surface area contributed by atoms with Crippen molar-refractivity contribution in [2.45, 2.75) is 25.9 Å². The van der Waals surface area contributed by atoms with Gasteiger partial charge in [-0.25, -0.2) is 0 Å². The van der Waals surface area contributed by atoms with Gasteiger partial charge in [-0.1, -0.05) is 5.10 Å². The van der Waals surface area contributed by atoms with E-state index < -0.39 is 0 Å². The van der Waals surface area contributed by atoms with Gasteiger partial charge in [-0.05, 0) is 26.9 Å². The summed E-state index contributed by atoms with van der Waals surface area (Å²) in [5.41, 5.74) is 5.46. The first kappa shape index (κ1) is 11.3. The first-order valence-corrected chi connectivity index (χ1v) is 5.68. The molecule has 0 spiro atoms. The molecule has 6 nitrogen and oxygen atoms in total. The van der Waals surface area contributed by atoms with E-state index in [0.717, 1.165) is 26.1 Å². The molecule has 1 fully saturated rings. The molecule has 0 aliphatic carbocycles. The largest absolute Gasteiger partial charge is 0.407 e. The van der Waals surface area contributed by atoms with Gasteiger partial charge >= 0.3 is 6.01 Å². The number of nitrogens with two attached hydrogens (primary N) is 1. The van der Waals surface area contributed by atoms with E-state index >= 15 is 0 Å². The lowest BCUT2D eigenvalue weighted by Gasteiger charge is -2.25. The summed E-state index contributed by atoms with van der Waals surface area (Å²) in [4.78, 5) is 4.49. The topological polar surface area (TPSA) is 71.4 Å². The van der Waals surface area contributed by atoms with Crippen molar-refractivity contribution in [1.82, 2.24) is 15.1 Å². The zero-order valence-corrected chi connectivity index (χ0v) is 9.89. The Kier molecular flexibility index (Phi) is 3.40. The van der Waals surface area contributed by atoms with Crippen molar-refractivity contribution in [3.63, 3.8) is 0 Å². The molecular formula is C10H19N5O. The Labute approximate surface area is 95.4 Å². The van der Waals surface area contributed by atoms with Gasteiger partial charge < -0.3 is 20.0 Å². The van der Waals surface area contributed by atoms with Crippen LogP contribution in [0.1, 0.15) is 19.2 Å². The smallest absolute Gasteiger partial charge is 0.318 e. The van der Waals surface area contributed by atoms with E-state index in [2.05, 4.69) is 34.0 Å². The van der Waals surface area contributed by atoms with Gasteiger partial charge in [-0.2, -0.15) is 0 Å². The third-order valence-electron chi connectivity index (χ3n) is 2.92. The Balaban J connectivity index is 2.12. The van der Waals surface area contributed by atoms with Gasteiger partial charge in [0.2, 0.25) is 5.89 Å². The van der Waals surface area contributed by atoms with E-state index in [1.807, 2.05) is 0 Å². The number of hydrogen-bond acceptors (Lipinski definition) is 6. The van der Waals surface area contributed by atoms with Crippen LogP contribution < -0.4 is 10.6 Å². The molecule has 1 atom stereocenters. The molecule has 1 aliphatic rings. The van der Waals surface area contributed by atoms with Crippen LogP contribution in [0.15, 0.2) is 4.42 Å². The van der Waals surface area contributed by atoms with E-state index in [0.29, 0.717) is 24.5 Å². The normalized spacial score (nSPS) is 23.4. The van der Waals surface area contributed by atoms with Crippen molar-refractivity contribution < 1.29 is 4.42 Å². The van der Waals surface area contributed by atoms with Crippen LogP contribution in [0.25, 0.3) is 0 Å². The van der Waals surface area contributed by atoms with Crippen LogP contribution in [0.2, 0.25) is 0 Å². The molecule has 16 heavy (non-hydrogen) atoms. The van der Waals surface area contributed by atoms with Crippen molar-refractivity contribution in [3.8, 4) is 0 Å². The molecule has 1 unspecified atom stereocenters. The summed E-state index contributed by atoms with van der Waals surface area (Å²) in [7, 11) is 2.14. The highest BCUT2D eigenvalue weighted by atomic mass is 16.4. The fourth-order valence-corrected chi connectivity index (χ4v) is 2.10. The van der Waals surface area contributed by atoms with Gasteiger partial charge in [-0.15, -0.1) is 5.10 Å². The highest BCUT2D eigenvalue weighted by Gasteiger charge is 2.23. The Morgan fingerprint density at radius 1 is 1.44 bits per heavy atom. The summed E-state index contributed by atoms with van der Waals surface area (Å²) < 4.78 is 5.49. The molecule has 2 N–H and O–H groups in total. The predicted octanol–water partition coefficient (Wildman–Crippen LogP) is 0.0587. The molecule has 0 amide bonds. The lowest BCUT2D eigenvalue weighted by Crippen LogP contribution is -2.38. The molecule has 1 aromatic rings. The third kappa shape index (κ3) is 2.33. The van der Waals surface area contributed by atoms with E-state index in [1.54, 1.807) is 0 Å². The third-order valence-corrected chi connectivity index (χ3v) is 2.92. The molecule has 2 heterocycles. The highest BCUT2D eigenvalue weighted by molar-refractivity contribution is 5.26. The van der Waals surface area contributed by atoms with Crippen LogP contribution in [0.5, 0.6) is 0 Å².